The number of benzene rings is 1. The van der Waals surface area contributed by atoms with E-state index in [1.807, 2.05) is 0 Å². The number of hydrogen-bond acceptors (Lipinski definition) is 0. The van der Waals surface area contributed by atoms with Gasteiger partial charge in [0.05, 0.1) is 0 Å². The fourth-order valence-electron chi connectivity index (χ4n) is 1.80. The second kappa shape index (κ2) is 6.96. The monoisotopic (exact) mass is 238 g/mol. The van der Waals surface area contributed by atoms with E-state index < -0.39 is 0 Å². The summed E-state index contributed by atoms with van der Waals surface area (Å²) in [5.74, 6) is 0.570. The lowest BCUT2D eigenvalue weighted by atomic mass is 10.0. The summed E-state index contributed by atoms with van der Waals surface area (Å²) in [6.07, 6.45) is 4.58. The molecule has 0 heterocycles. The first-order chi connectivity index (χ1) is 7.63. The second-order valence-corrected chi connectivity index (χ2v) is 5.43. The molecule has 0 saturated heterocycles. The fourth-order valence-corrected chi connectivity index (χ4v) is 1.91. The van der Waals surface area contributed by atoms with Gasteiger partial charge in [-0.05, 0) is 36.3 Å². The van der Waals surface area contributed by atoms with Crippen molar-refractivity contribution in [1.82, 2.24) is 0 Å². The summed E-state index contributed by atoms with van der Waals surface area (Å²) < 4.78 is 0. The highest BCUT2D eigenvalue weighted by atomic mass is 35.5. The zero-order valence-electron chi connectivity index (χ0n) is 10.7. The van der Waals surface area contributed by atoms with Crippen LogP contribution < -0.4 is 0 Å². The molecule has 1 aromatic rings. The number of aryl methyl sites for hydroxylation is 2. The Morgan fingerprint density at radius 1 is 1.00 bits per heavy atom. The molecule has 0 nitrogen and oxygen atoms in total. The van der Waals surface area contributed by atoms with Crippen molar-refractivity contribution in [3.8, 4) is 0 Å². The quantitative estimate of drug-likeness (QED) is 0.623. The number of alkyl halides is 1. The van der Waals surface area contributed by atoms with Gasteiger partial charge in [-0.25, -0.2) is 0 Å². The summed E-state index contributed by atoms with van der Waals surface area (Å²) in [5.41, 5.74) is 2.85. The SMILES string of the molecule is CCCc1ccc(CCC(Cl)C(C)C)cc1. The summed E-state index contributed by atoms with van der Waals surface area (Å²) in [5, 5.41) is 0.301. The molecule has 1 aromatic carbocycles. The number of halogens is 1. The van der Waals surface area contributed by atoms with Gasteiger partial charge in [0.15, 0.2) is 0 Å². The molecule has 16 heavy (non-hydrogen) atoms. The van der Waals surface area contributed by atoms with Crippen molar-refractivity contribution in [3.63, 3.8) is 0 Å². The fraction of sp³-hybridized carbons (Fsp3) is 0.600. The summed E-state index contributed by atoms with van der Waals surface area (Å²) in [7, 11) is 0. The third-order valence-electron chi connectivity index (χ3n) is 2.99. The predicted molar refractivity (Wildman–Crippen MR) is 73.2 cm³/mol. The minimum Gasteiger partial charge on any atom is -0.123 e. The van der Waals surface area contributed by atoms with Crippen LogP contribution in [-0.4, -0.2) is 5.38 Å². The molecule has 0 aromatic heterocycles. The average Bonchev–Trinajstić information content (AvgIpc) is 2.28. The smallest absolute Gasteiger partial charge is 0.0362 e. The van der Waals surface area contributed by atoms with Gasteiger partial charge in [0.2, 0.25) is 0 Å². The van der Waals surface area contributed by atoms with E-state index in [0.717, 1.165) is 12.8 Å². The zero-order valence-corrected chi connectivity index (χ0v) is 11.4. The van der Waals surface area contributed by atoms with Gasteiger partial charge in [-0.15, -0.1) is 11.6 Å². The third kappa shape index (κ3) is 4.57. The molecule has 0 saturated carbocycles. The van der Waals surface area contributed by atoms with E-state index in [1.165, 1.54) is 24.0 Å². The van der Waals surface area contributed by atoms with Gasteiger partial charge >= 0.3 is 0 Å². The molecule has 1 heteroatoms. The van der Waals surface area contributed by atoms with Gasteiger partial charge < -0.3 is 0 Å². The molecular formula is C15H23Cl. The molecule has 1 atom stereocenters. The van der Waals surface area contributed by atoms with E-state index in [0.29, 0.717) is 11.3 Å². The zero-order chi connectivity index (χ0) is 12.0. The lowest BCUT2D eigenvalue weighted by Gasteiger charge is -2.12. The Bertz CT molecular complexity index is 287. The van der Waals surface area contributed by atoms with Crippen molar-refractivity contribution in [2.24, 2.45) is 5.92 Å². The van der Waals surface area contributed by atoms with E-state index >= 15 is 0 Å². The summed E-state index contributed by atoms with van der Waals surface area (Å²) >= 11 is 6.25. The molecule has 0 radical (unpaired) electrons. The van der Waals surface area contributed by atoms with Crippen molar-refractivity contribution in [2.45, 2.75) is 51.8 Å². The molecule has 0 aliphatic rings. The van der Waals surface area contributed by atoms with E-state index in [1.54, 1.807) is 0 Å². The van der Waals surface area contributed by atoms with Crippen LogP contribution in [-0.2, 0) is 12.8 Å². The maximum atomic E-state index is 6.25. The Balaban J connectivity index is 2.43. The van der Waals surface area contributed by atoms with Crippen LogP contribution in [0.5, 0.6) is 0 Å². The molecule has 0 spiro atoms. The molecule has 0 aliphatic heterocycles. The third-order valence-corrected chi connectivity index (χ3v) is 3.72. The Labute approximate surface area is 105 Å². The van der Waals surface area contributed by atoms with Crippen molar-refractivity contribution in [2.75, 3.05) is 0 Å². The second-order valence-electron chi connectivity index (χ2n) is 4.87. The number of hydrogen-bond donors (Lipinski definition) is 0. The minimum absolute atomic E-state index is 0.301. The van der Waals surface area contributed by atoms with Crippen LogP contribution in [0.3, 0.4) is 0 Å². The largest absolute Gasteiger partial charge is 0.123 e. The highest BCUT2D eigenvalue weighted by molar-refractivity contribution is 6.20. The first-order valence-electron chi connectivity index (χ1n) is 6.35. The molecule has 0 amide bonds. The molecule has 90 valence electrons. The van der Waals surface area contributed by atoms with Gasteiger partial charge in [-0.3, -0.25) is 0 Å². The van der Waals surface area contributed by atoms with Crippen LogP contribution in [0.4, 0.5) is 0 Å². The van der Waals surface area contributed by atoms with Gasteiger partial charge in [0.25, 0.3) is 0 Å². The first kappa shape index (κ1) is 13.6. The van der Waals surface area contributed by atoms with Gasteiger partial charge in [-0.1, -0.05) is 51.5 Å². The van der Waals surface area contributed by atoms with E-state index in [-0.39, 0.29) is 0 Å². The summed E-state index contributed by atoms with van der Waals surface area (Å²) in [4.78, 5) is 0. The Morgan fingerprint density at radius 3 is 1.94 bits per heavy atom. The van der Waals surface area contributed by atoms with Crippen molar-refractivity contribution >= 4 is 11.6 Å². The van der Waals surface area contributed by atoms with E-state index in [9.17, 15) is 0 Å². The Hall–Kier alpha value is -0.490. The molecule has 0 bridgehead atoms. The maximum absolute atomic E-state index is 6.25. The molecular weight excluding hydrogens is 216 g/mol. The van der Waals surface area contributed by atoms with Crippen molar-refractivity contribution in [1.29, 1.82) is 0 Å². The molecule has 1 rings (SSSR count). The molecule has 0 fully saturated rings. The first-order valence-corrected chi connectivity index (χ1v) is 6.79. The van der Waals surface area contributed by atoms with Crippen LogP contribution in [0, 0.1) is 5.92 Å². The van der Waals surface area contributed by atoms with E-state index in [4.69, 9.17) is 11.6 Å². The van der Waals surface area contributed by atoms with Gasteiger partial charge in [-0.2, -0.15) is 0 Å². The van der Waals surface area contributed by atoms with Gasteiger partial charge in [0.1, 0.15) is 0 Å². The standard InChI is InChI=1S/C15H23Cl/c1-4-5-13-6-8-14(9-7-13)10-11-15(16)12(2)3/h6-9,12,15H,4-5,10-11H2,1-3H3. The molecule has 0 N–H and O–H groups in total. The number of rotatable bonds is 6. The summed E-state index contributed by atoms with van der Waals surface area (Å²) in [6.45, 7) is 6.58. The molecule has 0 aliphatic carbocycles. The minimum atomic E-state index is 0.301. The lowest BCUT2D eigenvalue weighted by molar-refractivity contribution is 0.565. The maximum Gasteiger partial charge on any atom is 0.0362 e. The summed E-state index contributed by atoms with van der Waals surface area (Å²) in [6, 6.07) is 8.98. The average molecular weight is 239 g/mol. The van der Waals surface area contributed by atoms with Crippen molar-refractivity contribution in [3.05, 3.63) is 35.4 Å². The predicted octanol–water partition coefficient (Wildman–Crippen LogP) is 4.84. The van der Waals surface area contributed by atoms with Crippen LogP contribution in [0.25, 0.3) is 0 Å². The van der Waals surface area contributed by atoms with E-state index in [2.05, 4.69) is 45.0 Å². The Kier molecular flexibility index (Phi) is 5.90. The van der Waals surface area contributed by atoms with Crippen LogP contribution in [0.15, 0.2) is 24.3 Å². The molecule has 1 unspecified atom stereocenters. The normalized spacial score (nSPS) is 13.1. The van der Waals surface area contributed by atoms with Crippen molar-refractivity contribution < 1.29 is 0 Å². The highest BCUT2D eigenvalue weighted by Crippen LogP contribution is 2.17. The van der Waals surface area contributed by atoms with Crippen LogP contribution in [0.1, 0.15) is 44.7 Å². The highest BCUT2D eigenvalue weighted by Gasteiger charge is 2.09. The lowest BCUT2D eigenvalue weighted by Crippen LogP contribution is -2.08. The topological polar surface area (TPSA) is 0 Å². The Morgan fingerprint density at radius 2 is 1.50 bits per heavy atom. The van der Waals surface area contributed by atoms with Gasteiger partial charge in [0, 0.05) is 5.38 Å². The van der Waals surface area contributed by atoms with Crippen LogP contribution >= 0.6 is 11.6 Å². The van der Waals surface area contributed by atoms with Crippen LogP contribution in [0.2, 0.25) is 0 Å².